The number of benzene rings is 2. The number of nitrogens with two attached hydrogens (primary N) is 1. The van der Waals surface area contributed by atoms with Crippen LogP contribution in [0.25, 0.3) is 11.1 Å². The number of aliphatic hydroxyl groups is 1. The average Bonchev–Trinajstić information content (AvgIpc) is 3.25. The molecule has 7 nitrogen and oxygen atoms in total. The molecule has 1 amide bonds. The number of rotatable bonds is 8. The van der Waals surface area contributed by atoms with Crippen LogP contribution in [-0.4, -0.2) is 40.0 Å². The van der Waals surface area contributed by atoms with Gasteiger partial charge in [0.25, 0.3) is 5.91 Å². The Morgan fingerprint density at radius 2 is 2.03 bits per heavy atom. The standard InChI is InChI=1S/C22H26N4O3/c1-22(2,28)14-29-20-10-16(8-9-18(20)17-12-24-25-13-17)21(27)26-19(11-23)15-6-4-3-5-7-15/h3-10,12-13,19,28H,11,14,23H2,1-2H3,(H,24,25)(H,26,27)/t19-/m1/s1. The molecular weight excluding hydrogens is 368 g/mol. The summed E-state index contributed by atoms with van der Waals surface area (Å²) in [6.45, 7) is 3.68. The Balaban J connectivity index is 1.85. The van der Waals surface area contributed by atoms with Crippen molar-refractivity contribution in [2.75, 3.05) is 13.2 Å². The number of hydrogen-bond donors (Lipinski definition) is 4. The van der Waals surface area contributed by atoms with Crippen LogP contribution in [0.1, 0.15) is 35.8 Å². The van der Waals surface area contributed by atoms with Crippen LogP contribution in [0.4, 0.5) is 0 Å². The molecule has 0 aliphatic rings. The molecule has 0 radical (unpaired) electrons. The van der Waals surface area contributed by atoms with Crippen molar-refractivity contribution in [3.05, 3.63) is 72.1 Å². The summed E-state index contributed by atoms with van der Waals surface area (Å²) in [5.74, 6) is 0.237. The quantitative estimate of drug-likeness (QED) is 0.469. The number of amides is 1. The van der Waals surface area contributed by atoms with E-state index in [4.69, 9.17) is 10.5 Å². The molecule has 0 aliphatic heterocycles. The summed E-state index contributed by atoms with van der Waals surface area (Å²) in [6.07, 6.45) is 3.41. The first-order chi connectivity index (χ1) is 13.9. The van der Waals surface area contributed by atoms with E-state index in [0.717, 1.165) is 16.7 Å². The predicted molar refractivity (Wildman–Crippen MR) is 112 cm³/mol. The van der Waals surface area contributed by atoms with Crippen LogP contribution in [0.2, 0.25) is 0 Å². The Bertz CT molecular complexity index is 934. The van der Waals surface area contributed by atoms with Gasteiger partial charge < -0.3 is 20.9 Å². The minimum atomic E-state index is -1.01. The largest absolute Gasteiger partial charge is 0.490 e. The Hall–Kier alpha value is -3.16. The van der Waals surface area contributed by atoms with Crippen LogP contribution in [0.3, 0.4) is 0 Å². The van der Waals surface area contributed by atoms with Gasteiger partial charge in [0.15, 0.2) is 0 Å². The van der Waals surface area contributed by atoms with E-state index in [0.29, 0.717) is 11.3 Å². The minimum Gasteiger partial charge on any atom is -0.490 e. The van der Waals surface area contributed by atoms with Gasteiger partial charge >= 0.3 is 0 Å². The Morgan fingerprint density at radius 1 is 1.28 bits per heavy atom. The van der Waals surface area contributed by atoms with Gasteiger partial charge in [0.05, 0.1) is 17.8 Å². The molecule has 0 spiro atoms. The summed E-state index contributed by atoms with van der Waals surface area (Å²) in [5, 5.41) is 19.7. The first-order valence-electron chi connectivity index (χ1n) is 9.41. The number of ether oxygens (including phenoxy) is 1. The van der Waals surface area contributed by atoms with E-state index in [1.165, 1.54) is 0 Å². The van der Waals surface area contributed by atoms with Crippen molar-refractivity contribution in [1.29, 1.82) is 0 Å². The van der Waals surface area contributed by atoms with Gasteiger partial charge in [-0.3, -0.25) is 9.89 Å². The molecule has 152 valence electrons. The Kier molecular flexibility index (Phi) is 6.31. The Labute approximate surface area is 169 Å². The zero-order valence-electron chi connectivity index (χ0n) is 16.6. The maximum absolute atomic E-state index is 12.8. The van der Waals surface area contributed by atoms with E-state index < -0.39 is 5.60 Å². The lowest BCUT2D eigenvalue weighted by atomic mass is 10.0. The fourth-order valence-corrected chi connectivity index (χ4v) is 2.88. The highest BCUT2D eigenvalue weighted by atomic mass is 16.5. The molecule has 0 aliphatic carbocycles. The number of carbonyl (C=O) groups excluding carboxylic acids is 1. The molecule has 3 aromatic rings. The molecule has 0 saturated heterocycles. The van der Waals surface area contributed by atoms with Crippen molar-refractivity contribution in [3.8, 4) is 16.9 Å². The highest BCUT2D eigenvalue weighted by molar-refractivity contribution is 5.95. The highest BCUT2D eigenvalue weighted by Crippen LogP contribution is 2.31. The second-order valence-electron chi connectivity index (χ2n) is 7.47. The maximum atomic E-state index is 12.8. The lowest BCUT2D eigenvalue weighted by molar-refractivity contribution is 0.0287. The molecule has 7 heteroatoms. The lowest BCUT2D eigenvalue weighted by Crippen LogP contribution is -2.33. The molecule has 1 heterocycles. The molecule has 0 fully saturated rings. The average molecular weight is 394 g/mol. The number of H-pyrrole nitrogens is 1. The van der Waals surface area contributed by atoms with Gasteiger partial charge in [-0.15, -0.1) is 0 Å². The third-order valence-electron chi connectivity index (χ3n) is 4.38. The first-order valence-corrected chi connectivity index (χ1v) is 9.41. The zero-order valence-corrected chi connectivity index (χ0v) is 16.6. The number of hydrogen-bond acceptors (Lipinski definition) is 5. The molecule has 1 aromatic heterocycles. The maximum Gasteiger partial charge on any atom is 0.251 e. The van der Waals surface area contributed by atoms with Gasteiger partial charge in [0, 0.05) is 29.4 Å². The smallest absolute Gasteiger partial charge is 0.251 e. The second kappa shape index (κ2) is 8.89. The van der Waals surface area contributed by atoms with E-state index in [2.05, 4.69) is 15.5 Å². The number of aromatic amines is 1. The van der Waals surface area contributed by atoms with Crippen molar-refractivity contribution in [3.63, 3.8) is 0 Å². The number of nitrogens with zero attached hydrogens (tertiary/aromatic N) is 1. The SMILES string of the molecule is CC(C)(O)COc1cc(C(=O)N[C@H](CN)c2ccccc2)ccc1-c1cn[nH]c1. The predicted octanol–water partition coefficient (Wildman–Crippen LogP) is 2.66. The molecular formula is C22H26N4O3. The topological polar surface area (TPSA) is 113 Å². The van der Waals surface area contributed by atoms with E-state index in [9.17, 15) is 9.90 Å². The summed E-state index contributed by atoms with van der Waals surface area (Å²) in [6, 6.07) is 14.5. The van der Waals surface area contributed by atoms with Gasteiger partial charge in [0.2, 0.25) is 0 Å². The monoisotopic (exact) mass is 394 g/mol. The van der Waals surface area contributed by atoms with Gasteiger partial charge in [-0.1, -0.05) is 30.3 Å². The van der Waals surface area contributed by atoms with Gasteiger partial charge in [0.1, 0.15) is 12.4 Å². The molecule has 2 aromatic carbocycles. The third kappa shape index (κ3) is 5.43. The van der Waals surface area contributed by atoms with Crippen molar-refractivity contribution in [1.82, 2.24) is 15.5 Å². The molecule has 1 atom stereocenters. The summed E-state index contributed by atoms with van der Waals surface area (Å²) >= 11 is 0. The molecule has 0 saturated carbocycles. The van der Waals surface area contributed by atoms with E-state index in [1.54, 1.807) is 44.4 Å². The van der Waals surface area contributed by atoms with Gasteiger partial charge in [-0.2, -0.15) is 5.10 Å². The van der Waals surface area contributed by atoms with Crippen molar-refractivity contribution >= 4 is 5.91 Å². The molecule has 0 bridgehead atoms. The summed E-state index contributed by atoms with van der Waals surface area (Å²) in [7, 11) is 0. The van der Waals surface area contributed by atoms with Crippen LogP contribution >= 0.6 is 0 Å². The van der Waals surface area contributed by atoms with E-state index in [1.807, 2.05) is 30.3 Å². The van der Waals surface area contributed by atoms with Crippen LogP contribution in [0.15, 0.2) is 60.9 Å². The first kappa shape index (κ1) is 20.6. The van der Waals surface area contributed by atoms with Crippen LogP contribution in [0.5, 0.6) is 5.75 Å². The summed E-state index contributed by atoms with van der Waals surface area (Å²) in [5.41, 5.74) is 7.84. The van der Waals surface area contributed by atoms with Gasteiger partial charge in [-0.05, 0) is 37.6 Å². The molecule has 29 heavy (non-hydrogen) atoms. The highest BCUT2D eigenvalue weighted by Gasteiger charge is 2.19. The van der Waals surface area contributed by atoms with Crippen molar-refractivity contribution in [2.45, 2.75) is 25.5 Å². The number of nitrogens with one attached hydrogen (secondary N) is 2. The van der Waals surface area contributed by atoms with E-state index in [-0.39, 0.29) is 25.1 Å². The van der Waals surface area contributed by atoms with Crippen LogP contribution < -0.4 is 15.8 Å². The summed E-state index contributed by atoms with van der Waals surface area (Å²) in [4.78, 5) is 12.8. The normalized spacial score (nSPS) is 12.4. The Morgan fingerprint density at radius 3 is 2.66 bits per heavy atom. The lowest BCUT2D eigenvalue weighted by Gasteiger charge is -2.21. The minimum absolute atomic E-state index is 0.0817. The number of carbonyl (C=O) groups is 1. The van der Waals surface area contributed by atoms with Crippen molar-refractivity contribution < 1.29 is 14.6 Å². The molecule has 5 N–H and O–H groups in total. The molecule has 3 rings (SSSR count). The fourth-order valence-electron chi connectivity index (χ4n) is 2.88. The number of aromatic nitrogens is 2. The van der Waals surface area contributed by atoms with E-state index >= 15 is 0 Å². The molecule has 0 unspecified atom stereocenters. The summed E-state index contributed by atoms with van der Waals surface area (Å²) < 4.78 is 5.84. The van der Waals surface area contributed by atoms with Crippen LogP contribution in [-0.2, 0) is 0 Å². The second-order valence-corrected chi connectivity index (χ2v) is 7.47. The fraction of sp³-hybridized carbons (Fsp3) is 0.273. The van der Waals surface area contributed by atoms with Gasteiger partial charge in [-0.25, -0.2) is 0 Å². The van der Waals surface area contributed by atoms with Crippen molar-refractivity contribution in [2.24, 2.45) is 5.73 Å². The zero-order chi connectivity index (χ0) is 20.9. The van der Waals surface area contributed by atoms with Crippen LogP contribution in [0, 0.1) is 0 Å². The third-order valence-corrected chi connectivity index (χ3v) is 4.38.